The summed E-state index contributed by atoms with van der Waals surface area (Å²) in [6, 6.07) is 6.02. The molecular weight excluding hydrogens is 389 g/mol. The number of nitrogens with one attached hydrogen (secondary N) is 2. The number of nitrogens with zero attached hydrogens (tertiary/aromatic N) is 1. The van der Waals surface area contributed by atoms with Crippen LogP contribution in [0.2, 0.25) is 0 Å². The highest BCUT2D eigenvalue weighted by molar-refractivity contribution is 7.99. The van der Waals surface area contributed by atoms with Crippen molar-refractivity contribution in [2.24, 2.45) is 0 Å². The second-order valence-corrected chi connectivity index (χ2v) is 8.54. The Bertz CT molecular complexity index is 773. The first-order valence-electron chi connectivity index (χ1n) is 8.29. The Morgan fingerprint density at radius 3 is 2.63 bits per heavy atom. The first kappa shape index (κ1) is 21.2. The van der Waals surface area contributed by atoms with Crippen LogP contribution >= 0.6 is 23.1 Å². The van der Waals surface area contributed by atoms with Crippen molar-refractivity contribution >= 4 is 40.2 Å². The summed E-state index contributed by atoms with van der Waals surface area (Å²) < 4.78 is 18.1. The first-order chi connectivity index (χ1) is 12.7. The van der Waals surface area contributed by atoms with E-state index >= 15 is 0 Å². The lowest BCUT2D eigenvalue weighted by atomic mass is 10.2. The molecule has 0 radical (unpaired) electrons. The molecule has 1 aromatic heterocycles. The maximum Gasteiger partial charge on any atom is 0.407 e. The molecule has 0 aliphatic heterocycles. The number of aromatic nitrogens is 1. The van der Waals surface area contributed by atoms with Crippen LogP contribution in [-0.4, -0.2) is 40.6 Å². The minimum atomic E-state index is -0.530. The van der Waals surface area contributed by atoms with Gasteiger partial charge in [-0.2, -0.15) is 11.8 Å². The fraction of sp³-hybridized carbons (Fsp3) is 0.389. The number of ether oxygens (including phenoxy) is 1. The van der Waals surface area contributed by atoms with Crippen LogP contribution in [0, 0.1) is 5.82 Å². The number of halogens is 1. The number of carbonyl (C=O) groups is 2. The summed E-state index contributed by atoms with van der Waals surface area (Å²) in [7, 11) is 0. The second-order valence-electron chi connectivity index (χ2n) is 6.57. The Kier molecular flexibility index (Phi) is 7.61. The van der Waals surface area contributed by atoms with Crippen molar-refractivity contribution in [3.63, 3.8) is 0 Å². The molecule has 1 aromatic carbocycles. The molecule has 0 saturated heterocycles. The van der Waals surface area contributed by atoms with Crippen LogP contribution in [0.25, 0.3) is 11.3 Å². The van der Waals surface area contributed by atoms with Gasteiger partial charge in [0.2, 0.25) is 5.91 Å². The quantitative estimate of drug-likeness (QED) is 0.669. The average Bonchev–Trinajstić information content (AvgIpc) is 3.02. The van der Waals surface area contributed by atoms with Gasteiger partial charge in [0.15, 0.2) is 5.13 Å². The zero-order chi connectivity index (χ0) is 19.9. The molecule has 0 atom stereocenters. The van der Waals surface area contributed by atoms with E-state index in [0.29, 0.717) is 23.1 Å². The zero-order valence-electron chi connectivity index (χ0n) is 15.4. The van der Waals surface area contributed by atoms with Crippen molar-refractivity contribution in [3.8, 4) is 11.3 Å². The smallest absolute Gasteiger partial charge is 0.407 e. The van der Waals surface area contributed by atoms with E-state index in [0.717, 1.165) is 5.56 Å². The molecule has 0 aliphatic rings. The van der Waals surface area contributed by atoms with Crippen LogP contribution < -0.4 is 10.6 Å². The van der Waals surface area contributed by atoms with E-state index in [1.54, 1.807) is 38.3 Å². The third-order valence-corrected chi connectivity index (χ3v) is 4.76. The molecule has 0 fully saturated rings. The molecule has 2 N–H and O–H groups in total. The van der Waals surface area contributed by atoms with Gasteiger partial charge in [-0.25, -0.2) is 14.2 Å². The topological polar surface area (TPSA) is 80.3 Å². The SMILES string of the molecule is CC(C)(C)OC(=O)NCCSCC(=O)Nc1nc(-c2ccc(F)cc2)cs1. The number of hydrogen-bond acceptors (Lipinski definition) is 6. The van der Waals surface area contributed by atoms with Crippen LogP contribution in [0.15, 0.2) is 29.6 Å². The molecule has 2 aromatic rings. The van der Waals surface area contributed by atoms with Crippen molar-refractivity contribution in [2.45, 2.75) is 26.4 Å². The normalized spacial score (nSPS) is 11.1. The molecule has 0 aliphatic carbocycles. The Hall–Kier alpha value is -2.13. The van der Waals surface area contributed by atoms with Crippen LogP contribution in [0.3, 0.4) is 0 Å². The van der Waals surface area contributed by atoms with Gasteiger partial charge in [0, 0.05) is 23.2 Å². The van der Waals surface area contributed by atoms with Gasteiger partial charge < -0.3 is 15.4 Å². The first-order valence-corrected chi connectivity index (χ1v) is 10.3. The van der Waals surface area contributed by atoms with Gasteiger partial charge in [-0.1, -0.05) is 0 Å². The summed E-state index contributed by atoms with van der Waals surface area (Å²) in [5, 5.41) is 7.67. The number of hydrogen-bond donors (Lipinski definition) is 2. The Morgan fingerprint density at radius 2 is 1.96 bits per heavy atom. The number of carbonyl (C=O) groups excluding carboxylic acids is 2. The van der Waals surface area contributed by atoms with E-state index in [1.165, 1.54) is 35.2 Å². The monoisotopic (exact) mass is 411 g/mol. The number of thiazole rings is 1. The molecule has 9 heteroatoms. The third-order valence-electron chi connectivity index (χ3n) is 3.04. The van der Waals surface area contributed by atoms with E-state index in [4.69, 9.17) is 4.74 Å². The van der Waals surface area contributed by atoms with Gasteiger partial charge in [0.1, 0.15) is 11.4 Å². The second kappa shape index (κ2) is 9.70. The van der Waals surface area contributed by atoms with E-state index in [1.807, 2.05) is 0 Å². The van der Waals surface area contributed by atoms with E-state index in [9.17, 15) is 14.0 Å². The number of rotatable bonds is 7. The van der Waals surface area contributed by atoms with Gasteiger partial charge in [0.25, 0.3) is 0 Å². The molecule has 6 nitrogen and oxygen atoms in total. The predicted molar refractivity (Wildman–Crippen MR) is 108 cm³/mol. The van der Waals surface area contributed by atoms with Crippen LogP contribution in [0.1, 0.15) is 20.8 Å². The number of thioether (sulfide) groups is 1. The van der Waals surface area contributed by atoms with Crippen molar-refractivity contribution in [3.05, 3.63) is 35.5 Å². The van der Waals surface area contributed by atoms with Gasteiger partial charge in [-0.3, -0.25) is 4.79 Å². The van der Waals surface area contributed by atoms with Crippen LogP contribution in [0.4, 0.5) is 14.3 Å². The highest BCUT2D eigenvalue weighted by Gasteiger charge is 2.15. The van der Waals surface area contributed by atoms with Crippen molar-refractivity contribution in [1.29, 1.82) is 0 Å². The molecule has 2 rings (SSSR count). The summed E-state index contributed by atoms with van der Waals surface area (Å²) >= 11 is 2.71. The maximum atomic E-state index is 13.0. The fourth-order valence-corrected chi connectivity index (χ4v) is 3.33. The largest absolute Gasteiger partial charge is 0.444 e. The highest BCUT2D eigenvalue weighted by Crippen LogP contribution is 2.25. The highest BCUT2D eigenvalue weighted by atomic mass is 32.2. The van der Waals surface area contributed by atoms with E-state index in [-0.39, 0.29) is 17.5 Å². The summed E-state index contributed by atoms with van der Waals surface area (Å²) in [5.41, 5.74) is 0.942. The standard InChI is InChI=1S/C18H22FN3O3S2/c1-18(2,3)25-17(24)20-8-9-26-11-15(23)22-16-21-14(10-27-16)12-4-6-13(19)7-5-12/h4-7,10H,8-9,11H2,1-3H3,(H,20,24)(H,21,22,23). The van der Waals surface area contributed by atoms with Crippen molar-refractivity contribution in [1.82, 2.24) is 10.3 Å². The molecule has 146 valence electrons. The predicted octanol–water partition coefficient (Wildman–Crippen LogP) is 4.15. The van der Waals surface area contributed by atoms with Crippen molar-refractivity contribution < 1.29 is 18.7 Å². The van der Waals surface area contributed by atoms with Gasteiger partial charge in [0.05, 0.1) is 11.4 Å². The number of anilines is 1. The lowest BCUT2D eigenvalue weighted by Crippen LogP contribution is -2.33. The molecule has 0 saturated carbocycles. The van der Waals surface area contributed by atoms with Gasteiger partial charge in [-0.15, -0.1) is 11.3 Å². The molecular formula is C18H22FN3O3S2. The summed E-state index contributed by atoms with van der Waals surface area (Å²) in [6.45, 7) is 5.81. The fourth-order valence-electron chi connectivity index (χ4n) is 1.94. The average molecular weight is 412 g/mol. The summed E-state index contributed by atoms with van der Waals surface area (Å²) in [5.74, 6) is 0.366. The van der Waals surface area contributed by atoms with Gasteiger partial charge in [-0.05, 0) is 45.0 Å². The minimum absolute atomic E-state index is 0.169. The van der Waals surface area contributed by atoms with E-state index < -0.39 is 11.7 Å². The maximum absolute atomic E-state index is 13.0. The number of alkyl carbamates (subject to hydrolysis) is 1. The number of amides is 2. The van der Waals surface area contributed by atoms with Crippen LogP contribution in [-0.2, 0) is 9.53 Å². The Labute approximate surface area is 165 Å². The lowest BCUT2D eigenvalue weighted by Gasteiger charge is -2.19. The van der Waals surface area contributed by atoms with Gasteiger partial charge >= 0.3 is 6.09 Å². The molecule has 0 bridgehead atoms. The minimum Gasteiger partial charge on any atom is -0.444 e. The Balaban J connectivity index is 1.68. The lowest BCUT2D eigenvalue weighted by molar-refractivity contribution is -0.113. The summed E-state index contributed by atoms with van der Waals surface area (Å²) in [6.07, 6.45) is -0.469. The molecule has 2 amide bonds. The Morgan fingerprint density at radius 1 is 1.26 bits per heavy atom. The third kappa shape index (κ3) is 7.96. The van der Waals surface area contributed by atoms with E-state index in [2.05, 4.69) is 15.6 Å². The summed E-state index contributed by atoms with van der Waals surface area (Å²) in [4.78, 5) is 27.8. The van der Waals surface area contributed by atoms with Crippen molar-refractivity contribution in [2.75, 3.05) is 23.4 Å². The van der Waals surface area contributed by atoms with Crippen LogP contribution in [0.5, 0.6) is 0 Å². The molecule has 27 heavy (non-hydrogen) atoms. The molecule has 1 heterocycles. The molecule has 0 unspecified atom stereocenters. The molecule has 0 spiro atoms. The number of benzene rings is 1. The zero-order valence-corrected chi connectivity index (χ0v) is 17.0.